The standard InChI is InChI=1S/C15H17Cl2NO3/c16-11-1-2-12(13(17)9-11)14(19)18-5-3-10(4-6-18)15-20-7-8-21-15/h1-2,9-10,15H,3-8H2. The summed E-state index contributed by atoms with van der Waals surface area (Å²) < 4.78 is 11.1. The van der Waals surface area contributed by atoms with Crippen molar-refractivity contribution < 1.29 is 14.3 Å². The van der Waals surface area contributed by atoms with Gasteiger partial charge in [0.15, 0.2) is 6.29 Å². The van der Waals surface area contributed by atoms with Crippen LogP contribution in [0.5, 0.6) is 0 Å². The van der Waals surface area contributed by atoms with Gasteiger partial charge in [0.05, 0.1) is 23.8 Å². The van der Waals surface area contributed by atoms with Crippen molar-refractivity contribution in [1.29, 1.82) is 0 Å². The monoisotopic (exact) mass is 329 g/mol. The highest BCUT2D eigenvalue weighted by molar-refractivity contribution is 6.36. The van der Waals surface area contributed by atoms with Crippen LogP contribution in [0.3, 0.4) is 0 Å². The largest absolute Gasteiger partial charge is 0.350 e. The van der Waals surface area contributed by atoms with Gasteiger partial charge in [0.2, 0.25) is 0 Å². The summed E-state index contributed by atoms with van der Waals surface area (Å²) in [6.07, 6.45) is 1.69. The molecule has 21 heavy (non-hydrogen) atoms. The molecule has 0 aliphatic carbocycles. The Balaban J connectivity index is 1.62. The van der Waals surface area contributed by atoms with Crippen LogP contribution in [0.4, 0.5) is 0 Å². The molecule has 2 fully saturated rings. The molecule has 3 rings (SSSR count). The Morgan fingerprint density at radius 3 is 2.43 bits per heavy atom. The fourth-order valence-electron chi connectivity index (χ4n) is 2.86. The summed E-state index contributed by atoms with van der Waals surface area (Å²) in [5.41, 5.74) is 0.507. The third-order valence-corrected chi connectivity index (χ3v) is 4.57. The molecule has 0 unspecified atom stereocenters. The van der Waals surface area contributed by atoms with Crippen LogP contribution in [0, 0.1) is 5.92 Å². The molecule has 0 saturated carbocycles. The normalized spacial score (nSPS) is 21.0. The fraction of sp³-hybridized carbons (Fsp3) is 0.533. The number of carbonyl (C=O) groups excluding carboxylic acids is 1. The van der Waals surface area contributed by atoms with Crippen LogP contribution in [0.15, 0.2) is 18.2 Å². The first kappa shape index (κ1) is 15.1. The van der Waals surface area contributed by atoms with Gasteiger partial charge in [0.1, 0.15) is 0 Å². The van der Waals surface area contributed by atoms with Crippen LogP contribution in [0.1, 0.15) is 23.2 Å². The van der Waals surface area contributed by atoms with E-state index in [1.807, 2.05) is 4.90 Å². The highest BCUT2D eigenvalue weighted by Gasteiger charge is 2.32. The lowest BCUT2D eigenvalue weighted by molar-refractivity contribution is -0.0956. The van der Waals surface area contributed by atoms with Crippen LogP contribution < -0.4 is 0 Å². The van der Waals surface area contributed by atoms with Crippen LogP contribution in [-0.2, 0) is 9.47 Å². The fourth-order valence-corrected chi connectivity index (χ4v) is 3.35. The van der Waals surface area contributed by atoms with E-state index in [9.17, 15) is 4.79 Å². The van der Waals surface area contributed by atoms with E-state index in [0.29, 0.717) is 47.8 Å². The molecule has 2 heterocycles. The number of halogens is 2. The highest BCUT2D eigenvalue weighted by Crippen LogP contribution is 2.28. The molecule has 0 N–H and O–H groups in total. The Morgan fingerprint density at radius 1 is 1.14 bits per heavy atom. The number of piperidine rings is 1. The highest BCUT2D eigenvalue weighted by atomic mass is 35.5. The predicted molar refractivity (Wildman–Crippen MR) is 80.8 cm³/mol. The number of hydrogen-bond acceptors (Lipinski definition) is 3. The van der Waals surface area contributed by atoms with E-state index >= 15 is 0 Å². The van der Waals surface area contributed by atoms with Gasteiger partial charge in [-0.2, -0.15) is 0 Å². The molecular formula is C15H17Cl2NO3. The van der Waals surface area contributed by atoms with Gasteiger partial charge in [-0.3, -0.25) is 4.79 Å². The number of ether oxygens (including phenoxy) is 2. The van der Waals surface area contributed by atoms with Gasteiger partial charge in [-0.1, -0.05) is 23.2 Å². The van der Waals surface area contributed by atoms with Gasteiger partial charge >= 0.3 is 0 Å². The molecule has 0 atom stereocenters. The second kappa shape index (κ2) is 6.53. The van der Waals surface area contributed by atoms with E-state index in [1.165, 1.54) is 0 Å². The molecule has 114 valence electrons. The third kappa shape index (κ3) is 3.34. The van der Waals surface area contributed by atoms with E-state index in [1.54, 1.807) is 18.2 Å². The summed E-state index contributed by atoms with van der Waals surface area (Å²) in [4.78, 5) is 14.3. The van der Waals surface area contributed by atoms with E-state index in [2.05, 4.69) is 0 Å². The Hall–Kier alpha value is -0.810. The summed E-state index contributed by atoms with van der Waals surface area (Å²) in [6, 6.07) is 4.97. The topological polar surface area (TPSA) is 38.8 Å². The maximum Gasteiger partial charge on any atom is 0.255 e. The number of rotatable bonds is 2. The lowest BCUT2D eigenvalue weighted by Gasteiger charge is -2.34. The second-order valence-electron chi connectivity index (χ2n) is 5.36. The van der Waals surface area contributed by atoms with Crippen molar-refractivity contribution in [2.24, 2.45) is 5.92 Å². The van der Waals surface area contributed by atoms with Crippen molar-refractivity contribution in [2.75, 3.05) is 26.3 Å². The Kier molecular flexibility index (Phi) is 4.69. The SMILES string of the molecule is O=C(c1ccc(Cl)cc1Cl)N1CCC(C2OCCO2)CC1. The number of hydrogen-bond donors (Lipinski definition) is 0. The van der Waals surface area contributed by atoms with E-state index in [4.69, 9.17) is 32.7 Å². The minimum absolute atomic E-state index is 0.0385. The lowest BCUT2D eigenvalue weighted by Crippen LogP contribution is -2.41. The molecule has 0 aromatic heterocycles. The molecule has 1 amide bonds. The van der Waals surface area contributed by atoms with Crippen molar-refractivity contribution in [1.82, 2.24) is 4.90 Å². The van der Waals surface area contributed by atoms with Crippen molar-refractivity contribution in [3.63, 3.8) is 0 Å². The van der Waals surface area contributed by atoms with Gasteiger partial charge in [-0.15, -0.1) is 0 Å². The van der Waals surface area contributed by atoms with Crippen molar-refractivity contribution >= 4 is 29.1 Å². The van der Waals surface area contributed by atoms with E-state index < -0.39 is 0 Å². The number of nitrogens with zero attached hydrogens (tertiary/aromatic N) is 1. The summed E-state index contributed by atoms with van der Waals surface area (Å²) in [5.74, 6) is 0.334. The minimum atomic E-state index is -0.0960. The molecule has 2 aliphatic heterocycles. The zero-order valence-corrected chi connectivity index (χ0v) is 13.1. The smallest absolute Gasteiger partial charge is 0.255 e. The maximum absolute atomic E-state index is 12.5. The molecule has 0 radical (unpaired) electrons. The van der Waals surface area contributed by atoms with Crippen molar-refractivity contribution in [2.45, 2.75) is 19.1 Å². The molecule has 1 aromatic rings. The third-order valence-electron chi connectivity index (χ3n) is 4.02. The molecule has 6 heteroatoms. The summed E-state index contributed by atoms with van der Waals surface area (Å²) in [7, 11) is 0. The number of amides is 1. The molecule has 0 spiro atoms. The average molecular weight is 330 g/mol. The van der Waals surface area contributed by atoms with Gasteiger partial charge in [0.25, 0.3) is 5.91 Å². The molecule has 0 bridgehead atoms. The zero-order valence-electron chi connectivity index (χ0n) is 11.6. The van der Waals surface area contributed by atoms with Gasteiger partial charge in [-0.05, 0) is 31.0 Å². The van der Waals surface area contributed by atoms with E-state index in [0.717, 1.165) is 12.8 Å². The maximum atomic E-state index is 12.5. The first-order chi connectivity index (χ1) is 10.1. The quantitative estimate of drug-likeness (QED) is 0.836. The number of carbonyl (C=O) groups is 1. The van der Waals surface area contributed by atoms with Crippen molar-refractivity contribution in [3.8, 4) is 0 Å². The molecule has 1 aromatic carbocycles. The van der Waals surface area contributed by atoms with Gasteiger partial charge in [0, 0.05) is 24.0 Å². The van der Waals surface area contributed by atoms with Gasteiger partial charge in [-0.25, -0.2) is 0 Å². The summed E-state index contributed by atoms with van der Waals surface area (Å²) in [6.45, 7) is 2.74. The van der Waals surface area contributed by atoms with Gasteiger partial charge < -0.3 is 14.4 Å². The van der Waals surface area contributed by atoms with Crippen LogP contribution >= 0.6 is 23.2 Å². The van der Waals surface area contributed by atoms with Crippen LogP contribution in [-0.4, -0.2) is 43.4 Å². The van der Waals surface area contributed by atoms with Crippen LogP contribution in [0.2, 0.25) is 10.0 Å². The second-order valence-corrected chi connectivity index (χ2v) is 6.21. The van der Waals surface area contributed by atoms with E-state index in [-0.39, 0.29) is 12.2 Å². The molecular weight excluding hydrogens is 313 g/mol. The summed E-state index contributed by atoms with van der Waals surface area (Å²) in [5, 5.41) is 0.933. The minimum Gasteiger partial charge on any atom is -0.350 e. The number of likely N-dealkylation sites (tertiary alicyclic amines) is 1. The number of benzene rings is 1. The first-order valence-corrected chi connectivity index (χ1v) is 7.88. The van der Waals surface area contributed by atoms with Crippen LogP contribution in [0.25, 0.3) is 0 Å². The predicted octanol–water partition coefficient (Wildman–Crippen LogP) is 3.22. The zero-order chi connectivity index (χ0) is 14.8. The average Bonchev–Trinajstić information content (AvgIpc) is 3.01. The molecule has 2 aliphatic rings. The molecule has 2 saturated heterocycles. The molecule has 4 nitrogen and oxygen atoms in total. The van der Waals surface area contributed by atoms with Crippen molar-refractivity contribution in [3.05, 3.63) is 33.8 Å². The lowest BCUT2D eigenvalue weighted by atomic mass is 9.95. The Morgan fingerprint density at radius 2 is 1.81 bits per heavy atom. The summed E-state index contributed by atoms with van der Waals surface area (Å²) >= 11 is 12.0. The first-order valence-electron chi connectivity index (χ1n) is 7.12. The Bertz CT molecular complexity index is 524. The Labute approximate surface area is 133 Å².